The maximum atomic E-state index is 13.5. The molecule has 26 heavy (non-hydrogen) atoms. The van der Waals surface area contributed by atoms with Gasteiger partial charge in [-0.05, 0) is 48.3 Å². The van der Waals surface area contributed by atoms with Crippen molar-refractivity contribution in [2.45, 2.75) is 12.8 Å². The average Bonchev–Trinajstić information content (AvgIpc) is 2.70. The van der Waals surface area contributed by atoms with Gasteiger partial charge in [0, 0.05) is 37.1 Å². The van der Waals surface area contributed by atoms with E-state index >= 15 is 0 Å². The van der Waals surface area contributed by atoms with E-state index in [-0.39, 0.29) is 5.82 Å². The lowest BCUT2D eigenvalue weighted by molar-refractivity contribution is 0.122. The van der Waals surface area contributed by atoms with Gasteiger partial charge in [0.25, 0.3) is 0 Å². The van der Waals surface area contributed by atoms with Crippen LogP contribution in [0.5, 0.6) is 0 Å². The number of allylic oxidation sites excluding steroid dienone is 1. The molecule has 1 aromatic heterocycles. The monoisotopic (exact) mass is 351 g/mol. The molecule has 3 heterocycles. The Morgan fingerprint density at radius 3 is 2.65 bits per heavy atom. The number of ether oxygens (including phenoxy) is 1. The molecule has 2 aromatic rings. The lowest BCUT2D eigenvalue weighted by Gasteiger charge is -2.28. The Morgan fingerprint density at radius 2 is 1.88 bits per heavy atom. The number of aliphatic imine (C=N–C) groups is 1. The van der Waals surface area contributed by atoms with E-state index < -0.39 is 0 Å². The lowest BCUT2D eigenvalue weighted by atomic mass is 9.95. The van der Waals surface area contributed by atoms with E-state index in [0.29, 0.717) is 0 Å². The number of pyridine rings is 1. The van der Waals surface area contributed by atoms with Gasteiger partial charge in [-0.1, -0.05) is 12.1 Å². The third-order valence-electron chi connectivity index (χ3n) is 4.77. The van der Waals surface area contributed by atoms with E-state index in [9.17, 15) is 4.39 Å². The van der Waals surface area contributed by atoms with Crippen molar-refractivity contribution < 1.29 is 9.13 Å². The molecule has 0 radical (unpaired) electrons. The van der Waals surface area contributed by atoms with Gasteiger partial charge in [-0.15, -0.1) is 0 Å². The molecule has 0 amide bonds. The zero-order valence-corrected chi connectivity index (χ0v) is 14.7. The molecule has 4 rings (SSSR count). The number of hydrogen-bond donors (Lipinski definition) is 0. The van der Waals surface area contributed by atoms with Gasteiger partial charge in [0.05, 0.1) is 25.1 Å². The van der Waals surface area contributed by atoms with Crippen LogP contribution in [-0.4, -0.2) is 43.5 Å². The van der Waals surface area contributed by atoms with Gasteiger partial charge in [-0.2, -0.15) is 0 Å². The maximum Gasteiger partial charge on any atom is 0.142 e. The molecule has 1 aromatic carbocycles. The van der Waals surface area contributed by atoms with Crippen molar-refractivity contribution in [1.29, 1.82) is 0 Å². The molecule has 0 N–H and O–H groups in total. The highest BCUT2D eigenvalue weighted by Gasteiger charge is 2.15. The average molecular weight is 351 g/mol. The number of nitrogens with zero attached hydrogens (tertiary/aromatic N) is 3. The van der Waals surface area contributed by atoms with Crippen molar-refractivity contribution in [2.75, 3.05) is 37.7 Å². The molecule has 0 saturated carbocycles. The summed E-state index contributed by atoms with van der Waals surface area (Å²) in [6.07, 6.45) is 7.03. The SMILES string of the molecule is Fc1cncc(C2=NCCC/C2=C\c2ccc(N3CCOCC3)cc2)c1. The minimum absolute atomic E-state index is 0.329. The van der Waals surface area contributed by atoms with Crippen LogP contribution in [0.1, 0.15) is 24.0 Å². The second kappa shape index (κ2) is 7.79. The molecule has 0 bridgehead atoms. The highest BCUT2D eigenvalue weighted by molar-refractivity contribution is 6.15. The summed E-state index contributed by atoms with van der Waals surface area (Å²) in [4.78, 5) is 10.9. The van der Waals surface area contributed by atoms with Crippen LogP contribution in [0.15, 0.2) is 53.3 Å². The zero-order chi connectivity index (χ0) is 17.8. The van der Waals surface area contributed by atoms with Crippen molar-refractivity contribution in [3.8, 4) is 0 Å². The molecule has 1 fully saturated rings. The molecule has 2 aliphatic heterocycles. The van der Waals surface area contributed by atoms with Crippen molar-refractivity contribution in [1.82, 2.24) is 4.98 Å². The van der Waals surface area contributed by atoms with Gasteiger partial charge in [0.2, 0.25) is 0 Å². The fourth-order valence-corrected chi connectivity index (χ4v) is 3.44. The summed E-state index contributed by atoms with van der Waals surface area (Å²) in [6, 6.07) is 10.1. The van der Waals surface area contributed by atoms with Gasteiger partial charge in [0.1, 0.15) is 5.82 Å². The van der Waals surface area contributed by atoms with Gasteiger partial charge in [-0.25, -0.2) is 4.39 Å². The van der Waals surface area contributed by atoms with Crippen molar-refractivity contribution >= 4 is 17.5 Å². The predicted octanol–water partition coefficient (Wildman–Crippen LogP) is 3.72. The van der Waals surface area contributed by atoms with Crippen LogP contribution in [-0.2, 0) is 4.74 Å². The van der Waals surface area contributed by atoms with E-state index in [0.717, 1.165) is 68.1 Å². The van der Waals surface area contributed by atoms with Gasteiger partial charge >= 0.3 is 0 Å². The largest absolute Gasteiger partial charge is 0.378 e. The molecule has 4 nitrogen and oxygen atoms in total. The Kier molecular flexibility index (Phi) is 5.07. The summed E-state index contributed by atoms with van der Waals surface area (Å²) >= 11 is 0. The van der Waals surface area contributed by atoms with E-state index in [1.54, 1.807) is 6.20 Å². The third-order valence-corrected chi connectivity index (χ3v) is 4.77. The molecule has 1 saturated heterocycles. The van der Waals surface area contributed by atoms with E-state index in [1.807, 2.05) is 0 Å². The molecular formula is C21H22FN3O. The Bertz CT molecular complexity index is 823. The second-order valence-corrected chi connectivity index (χ2v) is 6.59. The Labute approximate surface area is 153 Å². The van der Waals surface area contributed by atoms with Gasteiger partial charge in [0.15, 0.2) is 0 Å². The first-order chi connectivity index (χ1) is 12.8. The van der Waals surface area contributed by atoms with Crippen LogP contribution in [0, 0.1) is 5.82 Å². The third kappa shape index (κ3) is 3.83. The van der Waals surface area contributed by atoms with Crippen LogP contribution in [0.3, 0.4) is 0 Å². The first-order valence-electron chi connectivity index (χ1n) is 9.09. The predicted molar refractivity (Wildman–Crippen MR) is 102 cm³/mol. The lowest BCUT2D eigenvalue weighted by Crippen LogP contribution is -2.36. The Balaban J connectivity index is 1.57. The van der Waals surface area contributed by atoms with Crippen molar-refractivity contribution in [2.24, 2.45) is 4.99 Å². The molecule has 0 spiro atoms. The number of halogens is 1. The number of benzene rings is 1. The van der Waals surface area contributed by atoms with Gasteiger partial charge in [-0.3, -0.25) is 9.98 Å². The van der Waals surface area contributed by atoms with Gasteiger partial charge < -0.3 is 9.64 Å². The summed E-state index contributed by atoms with van der Waals surface area (Å²) < 4.78 is 19.0. The summed E-state index contributed by atoms with van der Waals surface area (Å²) in [5.74, 6) is -0.329. The molecule has 2 aliphatic rings. The van der Waals surface area contributed by atoms with E-state index in [2.05, 4.69) is 45.2 Å². The fourth-order valence-electron chi connectivity index (χ4n) is 3.44. The number of anilines is 1. The Morgan fingerprint density at radius 1 is 1.08 bits per heavy atom. The van der Waals surface area contributed by atoms with Crippen LogP contribution in [0.4, 0.5) is 10.1 Å². The summed E-state index contributed by atoms with van der Waals surface area (Å²) in [5.41, 5.74) is 5.11. The summed E-state index contributed by atoms with van der Waals surface area (Å²) in [6.45, 7) is 4.22. The van der Waals surface area contributed by atoms with Crippen LogP contribution >= 0.6 is 0 Å². The normalized spacial score (nSPS) is 19.5. The number of hydrogen-bond acceptors (Lipinski definition) is 4. The highest BCUT2D eigenvalue weighted by Crippen LogP contribution is 2.24. The number of rotatable bonds is 3. The van der Waals surface area contributed by atoms with Crippen LogP contribution in [0.2, 0.25) is 0 Å². The second-order valence-electron chi connectivity index (χ2n) is 6.59. The first kappa shape index (κ1) is 16.9. The smallest absolute Gasteiger partial charge is 0.142 e. The zero-order valence-electron chi connectivity index (χ0n) is 14.7. The van der Waals surface area contributed by atoms with Crippen molar-refractivity contribution in [3.05, 3.63) is 65.2 Å². The molecule has 0 unspecified atom stereocenters. The van der Waals surface area contributed by atoms with E-state index in [1.165, 1.54) is 18.0 Å². The molecule has 134 valence electrons. The number of aromatic nitrogens is 1. The van der Waals surface area contributed by atoms with Crippen LogP contribution < -0.4 is 4.90 Å². The number of morpholine rings is 1. The Hall–Kier alpha value is -2.53. The molecular weight excluding hydrogens is 329 g/mol. The summed E-state index contributed by atoms with van der Waals surface area (Å²) in [5, 5.41) is 0. The molecule has 5 heteroatoms. The summed E-state index contributed by atoms with van der Waals surface area (Å²) in [7, 11) is 0. The topological polar surface area (TPSA) is 37.7 Å². The van der Waals surface area contributed by atoms with E-state index in [4.69, 9.17) is 4.74 Å². The minimum Gasteiger partial charge on any atom is -0.378 e. The molecule has 0 aliphatic carbocycles. The quantitative estimate of drug-likeness (QED) is 0.846. The standard InChI is InChI=1S/C21H22FN3O/c22-19-13-18(14-23-15-19)21-17(2-1-7-24-21)12-16-3-5-20(6-4-16)25-8-10-26-11-9-25/h3-6,12-15H,1-2,7-11H2/b17-12+. The highest BCUT2D eigenvalue weighted by atomic mass is 19.1. The minimum atomic E-state index is -0.329. The van der Waals surface area contributed by atoms with Crippen molar-refractivity contribution in [3.63, 3.8) is 0 Å². The maximum absolute atomic E-state index is 13.5. The first-order valence-corrected chi connectivity index (χ1v) is 9.09. The molecule has 0 atom stereocenters. The fraction of sp³-hybridized carbons (Fsp3) is 0.333. The van der Waals surface area contributed by atoms with Crippen LogP contribution in [0.25, 0.3) is 6.08 Å².